The lowest BCUT2D eigenvalue weighted by atomic mass is 9.89. The Bertz CT molecular complexity index is 928. The summed E-state index contributed by atoms with van der Waals surface area (Å²) in [6.07, 6.45) is 4.24. The van der Waals surface area contributed by atoms with Crippen LogP contribution in [0.5, 0.6) is 5.75 Å². The fourth-order valence-electron chi connectivity index (χ4n) is 4.44. The van der Waals surface area contributed by atoms with Crippen LogP contribution in [0.2, 0.25) is 5.02 Å². The molecule has 1 aromatic heterocycles. The van der Waals surface area contributed by atoms with Crippen LogP contribution in [0.1, 0.15) is 37.1 Å². The molecule has 1 fully saturated rings. The van der Waals surface area contributed by atoms with Crippen LogP contribution in [0.25, 0.3) is 0 Å². The average Bonchev–Trinajstić information content (AvgIpc) is 2.85. The lowest BCUT2D eigenvalue weighted by Gasteiger charge is -2.36. The molecule has 0 saturated carbocycles. The Labute approximate surface area is 196 Å². The largest absolute Gasteiger partial charge is 0.492 e. The number of nitrogens with zero attached hydrogens (tertiary/aromatic N) is 2. The van der Waals surface area contributed by atoms with Gasteiger partial charge >= 0.3 is 0 Å². The fourth-order valence-corrected chi connectivity index (χ4v) is 4.57. The Hall–Kier alpha value is -2.40. The summed E-state index contributed by atoms with van der Waals surface area (Å²) in [7, 11) is 0. The number of benzene rings is 2. The summed E-state index contributed by atoms with van der Waals surface area (Å²) in [5.41, 5.74) is 2.23. The van der Waals surface area contributed by atoms with E-state index >= 15 is 0 Å². The van der Waals surface area contributed by atoms with Gasteiger partial charge in [-0.05, 0) is 80.7 Å². The molecule has 2 aromatic carbocycles. The van der Waals surface area contributed by atoms with Gasteiger partial charge < -0.3 is 10.1 Å². The number of rotatable bonds is 9. The summed E-state index contributed by atoms with van der Waals surface area (Å²) in [6.45, 7) is 6.25. The summed E-state index contributed by atoms with van der Waals surface area (Å²) < 4.78 is 5.87. The molecule has 168 valence electrons. The maximum absolute atomic E-state index is 6.12. The summed E-state index contributed by atoms with van der Waals surface area (Å²) in [6, 6.07) is 24.7. The molecular formula is C27H32ClN3O. The first-order chi connectivity index (χ1) is 15.7. The average molecular weight is 450 g/mol. The van der Waals surface area contributed by atoms with E-state index in [1.165, 1.54) is 18.4 Å². The van der Waals surface area contributed by atoms with Crippen molar-refractivity contribution in [1.29, 1.82) is 0 Å². The Morgan fingerprint density at radius 2 is 1.72 bits per heavy atom. The number of hydrogen-bond acceptors (Lipinski definition) is 4. The van der Waals surface area contributed by atoms with Crippen LogP contribution >= 0.6 is 11.6 Å². The van der Waals surface area contributed by atoms with Crippen molar-refractivity contribution in [3.05, 3.63) is 95.3 Å². The molecule has 3 aromatic rings. The van der Waals surface area contributed by atoms with Crippen molar-refractivity contribution in [3.63, 3.8) is 0 Å². The lowest BCUT2D eigenvalue weighted by Crippen LogP contribution is -2.44. The van der Waals surface area contributed by atoms with E-state index in [2.05, 4.69) is 40.3 Å². The number of aromatic nitrogens is 1. The molecule has 5 heteroatoms. The number of likely N-dealkylation sites (tertiary alicyclic amines) is 1. The number of hydrogen-bond donors (Lipinski definition) is 1. The molecule has 2 unspecified atom stereocenters. The highest BCUT2D eigenvalue weighted by molar-refractivity contribution is 6.30. The molecule has 4 nitrogen and oxygen atoms in total. The number of nitrogens with one attached hydrogen (secondary N) is 1. The normalized spacial score (nSPS) is 17.1. The van der Waals surface area contributed by atoms with Crippen molar-refractivity contribution in [1.82, 2.24) is 15.2 Å². The zero-order valence-electron chi connectivity index (χ0n) is 18.7. The predicted molar refractivity (Wildman–Crippen MR) is 131 cm³/mol. The molecule has 1 N–H and O–H groups in total. The number of para-hydroxylation sites is 1. The van der Waals surface area contributed by atoms with Gasteiger partial charge in [-0.2, -0.15) is 0 Å². The first kappa shape index (κ1) is 22.8. The van der Waals surface area contributed by atoms with Gasteiger partial charge in [0.05, 0.1) is 11.7 Å². The van der Waals surface area contributed by atoms with Gasteiger partial charge in [-0.25, -0.2) is 0 Å². The molecule has 0 amide bonds. The third kappa shape index (κ3) is 6.32. The lowest BCUT2D eigenvalue weighted by molar-refractivity contribution is 0.138. The molecule has 0 aliphatic carbocycles. The van der Waals surface area contributed by atoms with E-state index in [0.717, 1.165) is 42.7 Å². The van der Waals surface area contributed by atoms with Crippen molar-refractivity contribution < 1.29 is 4.74 Å². The Kier molecular flexibility index (Phi) is 8.16. The molecule has 0 spiro atoms. The first-order valence-corrected chi connectivity index (χ1v) is 11.9. The molecular weight excluding hydrogens is 418 g/mol. The molecule has 0 bridgehead atoms. The van der Waals surface area contributed by atoms with Crippen LogP contribution < -0.4 is 10.1 Å². The minimum Gasteiger partial charge on any atom is -0.492 e. The van der Waals surface area contributed by atoms with E-state index in [0.29, 0.717) is 12.0 Å². The highest BCUT2D eigenvalue weighted by atomic mass is 35.5. The van der Waals surface area contributed by atoms with E-state index in [1.807, 2.05) is 60.8 Å². The van der Waals surface area contributed by atoms with Gasteiger partial charge in [0.2, 0.25) is 0 Å². The molecule has 1 aliphatic rings. The zero-order chi connectivity index (χ0) is 22.2. The number of piperidine rings is 1. The van der Waals surface area contributed by atoms with Crippen molar-refractivity contribution in [2.75, 3.05) is 26.2 Å². The van der Waals surface area contributed by atoms with Gasteiger partial charge in [-0.3, -0.25) is 9.88 Å². The highest BCUT2D eigenvalue weighted by Gasteiger charge is 2.27. The third-order valence-corrected chi connectivity index (χ3v) is 6.63. The Balaban J connectivity index is 1.30. The third-order valence-electron chi connectivity index (χ3n) is 6.38. The van der Waals surface area contributed by atoms with Gasteiger partial charge in [0.25, 0.3) is 0 Å². The maximum atomic E-state index is 6.12. The van der Waals surface area contributed by atoms with E-state index in [4.69, 9.17) is 16.3 Å². The van der Waals surface area contributed by atoms with Gasteiger partial charge in [-0.15, -0.1) is 0 Å². The number of pyridine rings is 1. The van der Waals surface area contributed by atoms with Crippen LogP contribution in [0, 0.1) is 5.92 Å². The molecule has 0 radical (unpaired) electrons. The SMILES string of the molecule is CC(NC(c1ccc(Cl)cc1)c1ccccn1)C1CCN(CCOc2ccccc2)CC1. The number of ether oxygens (including phenoxy) is 1. The van der Waals surface area contributed by atoms with E-state index in [9.17, 15) is 0 Å². The Morgan fingerprint density at radius 3 is 2.41 bits per heavy atom. The summed E-state index contributed by atoms with van der Waals surface area (Å²) in [4.78, 5) is 7.14. The second kappa shape index (κ2) is 11.5. The van der Waals surface area contributed by atoms with Crippen LogP contribution in [-0.2, 0) is 0 Å². The van der Waals surface area contributed by atoms with Crippen molar-refractivity contribution >= 4 is 11.6 Å². The predicted octanol–water partition coefficient (Wildman–Crippen LogP) is 5.59. The smallest absolute Gasteiger partial charge is 0.119 e. The molecule has 32 heavy (non-hydrogen) atoms. The molecule has 2 atom stereocenters. The van der Waals surface area contributed by atoms with E-state index in [1.54, 1.807) is 0 Å². The monoisotopic (exact) mass is 449 g/mol. The molecule has 4 rings (SSSR count). The van der Waals surface area contributed by atoms with Gasteiger partial charge in [0, 0.05) is 23.8 Å². The van der Waals surface area contributed by atoms with Crippen molar-refractivity contribution in [2.24, 2.45) is 5.92 Å². The molecule has 1 saturated heterocycles. The van der Waals surface area contributed by atoms with Crippen molar-refractivity contribution in [2.45, 2.75) is 31.8 Å². The van der Waals surface area contributed by atoms with Gasteiger partial charge in [-0.1, -0.05) is 48.0 Å². The second-order valence-corrected chi connectivity index (χ2v) is 8.97. The molecule has 2 heterocycles. The number of halogens is 1. The van der Waals surface area contributed by atoms with Crippen LogP contribution in [0.15, 0.2) is 79.0 Å². The second-order valence-electron chi connectivity index (χ2n) is 8.54. The standard InChI is InChI=1S/C27H32ClN3O/c1-21(22-14-17-31(18-15-22)19-20-32-25-7-3-2-4-8-25)30-27(26-9-5-6-16-29-26)23-10-12-24(28)13-11-23/h2-13,16,21-22,27,30H,14-15,17-20H2,1H3. The van der Waals surface area contributed by atoms with E-state index in [-0.39, 0.29) is 6.04 Å². The first-order valence-electron chi connectivity index (χ1n) is 11.5. The topological polar surface area (TPSA) is 37.4 Å². The van der Waals surface area contributed by atoms with Gasteiger partial charge in [0.1, 0.15) is 12.4 Å². The minimum atomic E-state index is 0.0563. The summed E-state index contributed by atoms with van der Waals surface area (Å²) >= 11 is 6.12. The highest BCUT2D eigenvalue weighted by Crippen LogP contribution is 2.27. The quantitative estimate of drug-likeness (QED) is 0.461. The van der Waals surface area contributed by atoms with Crippen LogP contribution in [0.4, 0.5) is 0 Å². The summed E-state index contributed by atoms with van der Waals surface area (Å²) in [5, 5.41) is 4.62. The van der Waals surface area contributed by atoms with Crippen LogP contribution in [0.3, 0.4) is 0 Å². The summed E-state index contributed by atoms with van der Waals surface area (Å²) in [5.74, 6) is 1.59. The maximum Gasteiger partial charge on any atom is 0.119 e. The van der Waals surface area contributed by atoms with Crippen molar-refractivity contribution in [3.8, 4) is 5.75 Å². The zero-order valence-corrected chi connectivity index (χ0v) is 19.4. The van der Waals surface area contributed by atoms with E-state index < -0.39 is 0 Å². The van der Waals surface area contributed by atoms with Gasteiger partial charge in [0.15, 0.2) is 0 Å². The minimum absolute atomic E-state index is 0.0563. The van der Waals surface area contributed by atoms with Crippen LogP contribution in [-0.4, -0.2) is 42.2 Å². The molecule has 1 aliphatic heterocycles. The Morgan fingerprint density at radius 1 is 1.00 bits per heavy atom. The fraction of sp³-hybridized carbons (Fsp3) is 0.370.